The van der Waals surface area contributed by atoms with Crippen LogP contribution in [0.4, 0.5) is 0 Å². The fourth-order valence-corrected chi connectivity index (χ4v) is 2.66. The lowest BCUT2D eigenvalue weighted by atomic mass is 10.1. The minimum Gasteiger partial charge on any atom is -0.390 e. The maximum Gasteiger partial charge on any atom is 0.0963 e. The Morgan fingerprint density at radius 2 is 2.06 bits per heavy atom. The number of ether oxygens (including phenoxy) is 1. The van der Waals surface area contributed by atoms with E-state index >= 15 is 0 Å². The zero-order valence-electron chi connectivity index (χ0n) is 10.7. The highest BCUT2D eigenvalue weighted by Crippen LogP contribution is 2.35. The first-order valence-corrected chi connectivity index (χ1v) is 6.89. The van der Waals surface area contributed by atoms with Crippen LogP contribution >= 0.6 is 0 Å². The summed E-state index contributed by atoms with van der Waals surface area (Å²) in [5.41, 5.74) is 1.33. The van der Waals surface area contributed by atoms with Crippen molar-refractivity contribution in [2.24, 2.45) is 5.92 Å². The summed E-state index contributed by atoms with van der Waals surface area (Å²) in [7, 11) is 0. The molecule has 3 nitrogen and oxygen atoms in total. The molecule has 1 aromatic rings. The summed E-state index contributed by atoms with van der Waals surface area (Å²) < 4.78 is 5.72. The molecule has 2 atom stereocenters. The van der Waals surface area contributed by atoms with Crippen LogP contribution in [0.1, 0.15) is 18.4 Å². The average molecular weight is 247 g/mol. The third-order valence-corrected chi connectivity index (χ3v) is 3.91. The molecule has 1 saturated carbocycles. The zero-order chi connectivity index (χ0) is 12.4. The van der Waals surface area contributed by atoms with Crippen molar-refractivity contribution >= 4 is 0 Å². The number of morpholine rings is 1. The van der Waals surface area contributed by atoms with E-state index in [-0.39, 0.29) is 12.2 Å². The Morgan fingerprint density at radius 3 is 2.78 bits per heavy atom. The van der Waals surface area contributed by atoms with Crippen LogP contribution in [-0.4, -0.2) is 41.9 Å². The van der Waals surface area contributed by atoms with Gasteiger partial charge in [0.2, 0.25) is 0 Å². The quantitative estimate of drug-likeness (QED) is 0.878. The minimum atomic E-state index is -0.261. The second-order valence-corrected chi connectivity index (χ2v) is 5.46. The number of aliphatic hydroxyl groups excluding tert-OH is 1. The zero-order valence-corrected chi connectivity index (χ0v) is 10.7. The first-order chi connectivity index (χ1) is 8.83. The van der Waals surface area contributed by atoms with Gasteiger partial charge in [0.1, 0.15) is 0 Å². The molecule has 0 bridgehead atoms. The van der Waals surface area contributed by atoms with Crippen LogP contribution in [0.25, 0.3) is 0 Å². The Balaban J connectivity index is 1.56. The van der Waals surface area contributed by atoms with Crippen molar-refractivity contribution in [2.75, 3.05) is 19.7 Å². The highest BCUT2D eigenvalue weighted by molar-refractivity contribution is 5.14. The van der Waals surface area contributed by atoms with Crippen molar-refractivity contribution in [1.82, 2.24) is 4.90 Å². The Labute approximate surface area is 108 Å². The van der Waals surface area contributed by atoms with Crippen molar-refractivity contribution < 1.29 is 9.84 Å². The third kappa shape index (κ3) is 2.91. The standard InChI is InChI=1S/C15H21NO2/c17-15(13-6-7-13)14-11-16(8-9-18-14)10-12-4-2-1-3-5-12/h1-5,13-15,17H,6-11H2/t14-,15-/m0/s1. The van der Waals surface area contributed by atoms with Crippen LogP contribution in [0.2, 0.25) is 0 Å². The van der Waals surface area contributed by atoms with E-state index < -0.39 is 0 Å². The molecule has 0 unspecified atom stereocenters. The molecule has 1 N–H and O–H groups in total. The van der Waals surface area contributed by atoms with E-state index in [9.17, 15) is 5.11 Å². The van der Waals surface area contributed by atoms with Gasteiger partial charge in [-0.15, -0.1) is 0 Å². The molecular weight excluding hydrogens is 226 g/mol. The Morgan fingerprint density at radius 1 is 1.28 bits per heavy atom. The van der Waals surface area contributed by atoms with Gasteiger partial charge in [-0.25, -0.2) is 0 Å². The number of aliphatic hydroxyl groups is 1. The fraction of sp³-hybridized carbons (Fsp3) is 0.600. The Hall–Kier alpha value is -0.900. The molecule has 1 aromatic carbocycles. The summed E-state index contributed by atoms with van der Waals surface area (Å²) in [6.07, 6.45) is 2.08. The number of nitrogens with zero attached hydrogens (tertiary/aromatic N) is 1. The van der Waals surface area contributed by atoms with Gasteiger partial charge in [-0.3, -0.25) is 4.90 Å². The van der Waals surface area contributed by atoms with Gasteiger partial charge in [0.05, 0.1) is 18.8 Å². The summed E-state index contributed by atoms with van der Waals surface area (Å²) in [5, 5.41) is 10.1. The van der Waals surface area contributed by atoms with Crippen molar-refractivity contribution in [3.63, 3.8) is 0 Å². The van der Waals surface area contributed by atoms with E-state index in [4.69, 9.17) is 4.74 Å². The third-order valence-electron chi connectivity index (χ3n) is 3.91. The monoisotopic (exact) mass is 247 g/mol. The molecule has 0 radical (unpaired) electrons. The van der Waals surface area contributed by atoms with Crippen LogP contribution in [0.3, 0.4) is 0 Å². The van der Waals surface area contributed by atoms with Gasteiger partial charge >= 0.3 is 0 Å². The van der Waals surface area contributed by atoms with E-state index in [2.05, 4.69) is 29.2 Å². The Kier molecular flexibility index (Phi) is 3.64. The molecule has 0 aromatic heterocycles. The maximum atomic E-state index is 10.1. The molecule has 2 aliphatic rings. The van der Waals surface area contributed by atoms with Gasteiger partial charge in [0, 0.05) is 19.6 Å². The average Bonchev–Trinajstić information content (AvgIpc) is 3.24. The van der Waals surface area contributed by atoms with Gasteiger partial charge in [-0.2, -0.15) is 0 Å². The first-order valence-electron chi connectivity index (χ1n) is 6.89. The van der Waals surface area contributed by atoms with Crippen molar-refractivity contribution in [2.45, 2.75) is 31.6 Å². The normalized spacial score (nSPS) is 27.1. The summed E-state index contributed by atoms with van der Waals surface area (Å²) in [6, 6.07) is 10.5. The molecule has 1 aliphatic carbocycles. The number of hydrogen-bond acceptors (Lipinski definition) is 3. The highest BCUT2D eigenvalue weighted by atomic mass is 16.5. The largest absolute Gasteiger partial charge is 0.390 e. The maximum absolute atomic E-state index is 10.1. The minimum absolute atomic E-state index is 0.00922. The lowest BCUT2D eigenvalue weighted by Gasteiger charge is -2.35. The van der Waals surface area contributed by atoms with Gasteiger partial charge in [0.15, 0.2) is 0 Å². The molecule has 1 saturated heterocycles. The second-order valence-electron chi connectivity index (χ2n) is 5.46. The highest BCUT2D eigenvalue weighted by Gasteiger charge is 2.37. The molecule has 1 heterocycles. The SMILES string of the molecule is O[C@@H](C1CC1)[C@@H]1CN(Cc2ccccc2)CCO1. The van der Waals surface area contributed by atoms with Gasteiger partial charge in [0.25, 0.3) is 0 Å². The molecule has 0 amide bonds. The number of benzene rings is 1. The fourth-order valence-electron chi connectivity index (χ4n) is 2.66. The molecule has 0 spiro atoms. The summed E-state index contributed by atoms with van der Waals surface area (Å²) >= 11 is 0. The van der Waals surface area contributed by atoms with Gasteiger partial charge in [-0.05, 0) is 24.3 Å². The lowest BCUT2D eigenvalue weighted by molar-refractivity contribution is -0.0964. The lowest BCUT2D eigenvalue weighted by Crippen LogP contribution is -2.47. The van der Waals surface area contributed by atoms with E-state index in [1.807, 2.05) is 6.07 Å². The molecular formula is C15H21NO2. The smallest absolute Gasteiger partial charge is 0.0963 e. The molecule has 3 rings (SSSR count). The van der Waals surface area contributed by atoms with E-state index in [1.54, 1.807) is 0 Å². The molecule has 18 heavy (non-hydrogen) atoms. The second kappa shape index (κ2) is 5.39. The summed E-state index contributed by atoms with van der Waals surface area (Å²) in [6.45, 7) is 3.51. The topological polar surface area (TPSA) is 32.7 Å². The summed E-state index contributed by atoms with van der Waals surface area (Å²) in [5.74, 6) is 0.492. The number of rotatable bonds is 4. The van der Waals surface area contributed by atoms with Crippen molar-refractivity contribution in [3.05, 3.63) is 35.9 Å². The Bertz CT molecular complexity index is 377. The first kappa shape index (κ1) is 12.2. The van der Waals surface area contributed by atoms with Crippen LogP contribution in [0.5, 0.6) is 0 Å². The van der Waals surface area contributed by atoms with E-state index in [1.165, 1.54) is 18.4 Å². The predicted octanol–water partition coefficient (Wildman–Crippen LogP) is 1.66. The molecule has 2 fully saturated rings. The van der Waals surface area contributed by atoms with Crippen molar-refractivity contribution in [1.29, 1.82) is 0 Å². The molecule has 98 valence electrons. The van der Waals surface area contributed by atoms with Crippen LogP contribution in [0.15, 0.2) is 30.3 Å². The molecule has 3 heteroatoms. The van der Waals surface area contributed by atoms with E-state index in [0.29, 0.717) is 5.92 Å². The molecule has 1 aliphatic heterocycles. The van der Waals surface area contributed by atoms with Gasteiger partial charge in [-0.1, -0.05) is 30.3 Å². The van der Waals surface area contributed by atoms with Crippen molar-refractivity contribution in [3.8, 4) is 0 Å². The summed E-state index contributed by atoms with van der Waals surface area (Å²) in [4.78, 5) is 2.38. The van der Waals surface area contributed by atoms with Gasteiger partial charge < -0.3 is 9.84 Å². The van der Waals surface area contributed by atoms with Crippen LogP contribution in [0, 0.1) is 5.92 Å². The van der Waals surface area contributed by atoms with Crippen LogP contribution < -0.4 is 0 Å². The number of hydrogen-bond donors (Lipinski definition) is 1. The van der Waals surface area contributed by atoms with E-state index in [0.717, 1.165) is 26.2 Å². The predicted molar refractivity (Wildman–Crippen MR) is 70.2 cm³/mol. The van der Waals surface area contributed by atoms with Crippen LogP contribution in [-0.2, 0) is 11.3 Å².